The Morgan fingerprint density at radius 3 is 0.222 bits per heavy atom. The topological polar surface area (TPSA) is 0 Å². The maximum atomic E-state index is 0. The van der Waals surface area contributed by atoms with Crippen LogP contribution in [0.5, 0.6) is 0 Å². The van der Waals surface area contributed by atoms with E-state index < -0.39 is 0 Å². The molecule has 0 aromatic carbocycles. The van der Waals surface area contributed by atoms with E-state index in [0.29, 0.717) is 0 Å². The van der Waals surface area contributed by atoms with Gasteiger partial charge in [0, 0.05) is 8.56 Å². The molecule has 0 rings (SSSR count). The minimum absolute atomic E-state index is 0. The molecule has 0 unspecified atom stereocenters. The van der Waals surface area contributed by atoms with Gasteiger partial charge in [-0.1, -0.05) is 66.8 Å². The molecule has 0 aliphatic heterocycles. The molecule has 0 saturated heterocycles. The third kappa shape index (κ3) is 0. The van der Waals surface area contributed by atoms with Crippen molar-refractivity contribution in [3.05, 3.63) is 0 Å². The highest BCUT2D eigenvalue weighted by Crippen LogP contribution is 0.152. The molecule has 0 atom stereocenters. The molecule has 0 aromatic heterocycles. The zero-order chi connectivity index (χ0) is 0. The Hall–Kier alpha value is 0. The smallest absolute Gasteiger partial charge is 0 e. The number of rotatable bonds is 0. The van der Waals surface area contributed by atoms with Gasteiger partial charge in [-0.2, -0.15) is 0 Å². The number of hydrogen-bond acceptors (Lipinski definition) is 0. The quantitative estimate of drug-likeness (QED) is 0.359. The Bertz CT molecular complexity index is 14.6. The maximum absolute atomic E-state index is 0. The summed E-state index contributed by atoms with van der Waals surface area (Å²) in [6.45, 7) is 0. The lowest BCUT2D eigenvalue weighted by Gasteiger charge is -0.0786. The van der Waals surface area contributed by atoms with Crippen LogP contribution in [0.25, 0.3) is 0 Å². The molecule has 0 N–H and O–H groups in total. The van der Waals surface area contributed by atoms with Gasteiger partial charge in [0.25, 0.3) is 0 Å². The van der Waals surface area contributed by atoms with Crippen LogP contribution < -0.4 is 0 Å². The summed E-state index contributed by atoms with van der Waals surface area (Å²) in [6.07, 6.45) is 0. The van der Waals surface area contributed by atoms with Gasteiger partial charge < -0.3 is 0 Å². The van der Waals surface area contributed by atoms with Gasteiger partial charge in [0.15, 0.2) is 0 Å². The molecule has 0 bridgehead atoms. The highest BCUT2D eigenvalue weighted by Gasteiger charge is -0.0696. The third-order valence-corrected chi connectivity index (χ3v) is 0. The zero-order valence-corrected chi connectivity index (χ0v) is 0. The summed E-state index contributed by atoms with van der Waals surface area (Å²) >= 11 is 0. The molecule has 0 nitrogen and oxygen atoms in total. The van der Waals surface area contributed by atoms with Crippen molar-refractivity contribution in [2.24, 2.45) is 0 Å². The minimum atomic E-state index is 0. The molecule has 9 heavy (non-hydrogen) atoms. The Morgan fingerprint density at radius 2 is 0.222 bits per heavy atom. The SMILES string of the molecule is C.C.C.C.C.C.C.C.C.[3HH].[3HH].[3HH].[3HH].[3HH].[3HH]. The lowest BCUT2D eigenvalue weighted by molar-refractivity contribution is 2.50. The summed E-state index contributed by atoms with van der Waals surface area (Å²) in [5.74, 6) is 0. The van der Waals surface area contributed by atoms with Gasteiger partial charge in [0.2, 0.25) is 0 Å². The predicted octanol–water partition coefficient (Wildman–Crippen LogP) is 7.20. The molecule has 0 fully saturated rings. The third-order valence-electron chi connectivity index (χ3n) is 0. The highest BCUT2D eigenvalue weighted by atomic mass is 12.0. The van der Waals surface area contributed by atoms with Gasteiger partial charge in [-0.25, -0.2) is 0 Å². The summed E-state index contributed by atoms with van der Waals surface area (Å²) < 4.78 is 0. The van der Waals surface area contributed by atoms with Crippen molar-refractivity contribution in [3.63, 3.8) is 0 Å². The van der Waals surface area contributed by atoms with E-state index in [-0.39, 0.29) is 75.4 Å². The predicted molar refractivity (Wildman–Crippen MR) is 73.3 cm³/mol. The second kappa shape index (κ2) is 0. The van der Waals surface area contributed by atoms with Crippen molar-refractivity contribution in [2.45, 2.75) is 66.8 Å². The van der Waals surface area contributed by atoms with E-state index in [2.05, 4.69) is 0 Å². The molecule has 84 valence electrons. The Balaban J connectivity index is 0. The molecular formula is C9H48. The van der Waals surface area contributed by atoms with E-state index in [4.69, 9.17) is 0 Å². The average molecular weight is 169 g/mol. The fraction of sp³-hybridized carbons (Fsp3) is 1.00. The van der Waals surface area contributed by atoms with E-state index in [9.17, 15) is 0 Å². The first-order valence-electron chi connectivity index (χ1n) is 0. The van der Waals surface area contributed by atoms with Gasteiger partial charge in [-0.15, -0.1) is 0 Å². The Morgan fingerprint density at radius 1 is 0.222 bits per heavy atom. The van der Waals surface area contributed by atoms with Gasteiger partial charge in [-0.05, 0) is 0 Å². The monoisotopic (exact) mass is 168 g/mol. The van der Waals surface area contributed by atoms with E-state index in [1.54, 1.807) is 0 Å². The first-order valence-corrected chi connectivity index (χ1v) is 0. The average Bonchev–Trinajstić information content (AvgIpc) is 0. The van der Waals surface area contributed by atoms with Gasteiger partial charge in [-0.3, -0.25) is 0 Å². The molecule has 0 heterocycles. The fourth-order valence-corrected chi connectivity index (χ4v) is 0. The molecule has 0 radical (unpaired) electrons. The fourth-order valence-electron chi connectivity index (χ4n) is 0. The lowest BCUT2D eigenvalue weighted by Crippen LogP contribution is 0.143. The van der Waals surface area contributed by atoms with Crippen LogP contribution in [0.3, 0.4) is 0 Å². The second-order valence-corrected chi connectivity index (χ2v) is 0. The van der Waals surface area contributed by atoms with Crippen molar-refractivity contribution in [1.29, 1.82) is 0 Å². The summed E-state index contributed by atoms with van der Waals surface area (Å²) in [6, 6.07) is 0. The van der Waals surface area contributed by atoms with Gasteiger partial charge in [0.1, 0.15) is 0 Å². The molecule has 0 aliphatic carbocycles. The van der Waals surface area contributed by atoms with Crippen LogP contribution >= 0.6 is 0 Å². The van der Waals surface area contributed by atoms with E-state index in [0.717, 1.165) is 0 Å². The van der Waals surface area contributed by atoms with Crippen LogP contribution in [0.1, 0.15) is 75.4 Å². The van der Waals surface area contributed by atoms with Crippen LogP contribution in [-0.2, 0) is 0 Å². The van der Waals surface area contributed by atoms with Gasteiger partial charge >= 0.3 is 0 Å². The van der Waals surface area contributed by atoms with Crippen molar-refractivity contribution >= 4 is 0 Å². The summed E-state index contributed by atoms with van der Waals surface area (Å²) in [7, 11) is 0. The van der Waals surface area contributed by atoms with Crippen LogP contribution in [0, 0.1) is 0 Å². The minimum Gasteiger partial charge on any atom is -0.0776 e. The van der Waals surface area contributed by atoms with Crippen LogP contribution in [0.15, 0.2) is 0 Å². The second-order valence-electron chi connectivity index (χ2n) is 0. The van der Waals surface area contributed by atoms with E-state index in [1.165, 1.54) is 0 Å². The molecule has 0 heteroatoms. The summed E-state index contributed by atoms with van der Waals surface area (Å²) in [4.78, 5) is 0. The highest BCUT2D eigenvalue weighted by molar-refractivity contribution is 2.51. The van der Waals surface area contributed by atoms with Crippen LogP contribution in [-0.4, -0.2) is 0 Å². The molecule has 0 aromatic rings. The van der Waals surface area contributed by atoms with Crippen LogP contribution in [0.4, 0.5) is 0 Å². The molecular weight excluding hydrogens is 108 g/mol. The van der Waals surface area contributed by atoms with Crippen molar-refractivity contribution in [3.8, 4) is 0 Å². The zero-order valence-electron chi connectivity index (χ0n) is 0. The normalized spacial score (nSPS) is 0. The van der Waals surface area contributed by atoms with Crippen molar-refractivity contribution < 1.29 is 8.56 Å². The van der Waals surface area contributed by atoms with E-state index >= 15 is 0 Å². The van der Waals surface area contributed by atoms with E-state index in [1.807, 2.05) is 0 Å². The first-order chi connectivity index (χ1) is 0. The molecule has 0 aliphatic rings. The number of hydrogen-bond donors (Lipinski definition) is 0. The lowest BCUT2D eigenvalue weighted by atomic mass is 12.0. The molecule has 0 amide bonds. The molecule has 0 saturated carbocycles. The van der Waals surface area contributed by atoms with Crippen molar-refractivity contribution in [1.82, 2.24) is 0 Å². The Labute approximate surface area is 76.6 Å². The molecule has 0 spiro atoms. The first kappa shape index (κ1) is 0. The van der Waals surface area contributed by atoms with Crippen LogP contribution in [0.2, 0.25) is 0 Å². The summed E-state index contributed by atoms with van der Waals surface area (Å²) in [5, 5.41) is 0. The maximum Gasteiger partial charge on any atom is 0 e. The van der Waals surface area contributed by atoms with Crippen molar-refractivity contribution in [2.75, 3.05) is 0 Å². The largest absolute Gasteiger partial charge is 0.0776 e. The Kier molecular flexibility index (Phi) is 0. The standard InChI is InChI=1S/9CH4.6H2/h9*1H4;6*1H/i;;;;;;;;;6*1+2. The van der Waals surface area contributed by atoms with Gasteiger partial charge in [0.05, 0.1) is 0 Å². The summed E-state index contributed by atoms with van der Waals surface area (Å²) in [5.41, 5.74) is 0.